The third-order valence-electron chi connectivity index (χ3n) is 3.78. The molecule has 1 aromatic carbocycles. The lowest BCUT2D eigenvalue weighted by molar-refractivity contribution is -0.384. The van der Waals surface area contributed by atoms with Gasteiger partial charge in [-0.2, -0.15) is 0 Å². The van der Waals surface area contributed by atoms with Crippen molar-refractivity contribution in [1.82, 2.24) is 9.80 Å². The maximum atomic E-state index is 10.6. The van der Waals surface area contributed by atoms with Gasteiger partial charge in [-0.3, -0.25) is 10.1 Å². The molecule has 19 heavy (non-hydrogen) atoms. The molecule has 5 heteroatoms. The van der Waals surface area contributed by atoms with Crippen LogP contribution in [0.1, 0.15) is 12.5 Å². The second-order valence-electron chi connectivity index (χ2n) is 4.95. The molecule has 1 aliphatic rings. The van der Waals surface area contributed by atoms with E-state index >= 15 is 0 Å². The van der Waals surface area contributed by atoms with Crippen LogP contribution in [0.25, 0.3) is 0 Å². The lowest BCUT2D eigenvalue weighted by Gasteiger charge is -2.33. The number of rotatable bonds is 5. The molecule has 0 unspecified atom stereocenters. The van der Waals surface area contributed by atoms with Crippen molar-refractivity contribution in [1.29, 1.82) is 0 Å². The number of non-ortho nitro benzene ring substituents is 1. The van der Waals surface area contributed by atoms with Crippen LogP contribution < -0.4 is 0 Å². The Labute approximate surface area is 114 Å². The molecule has 0 saturated carbocycles. The van der Waals surface area contributed by atoms with Crippen molar-refractivity contribution in [2.75, 3.05) is 39.3 Å². The van der Waals surface area contributed by atoms with E-state index in [0.717, 1.165) is 45.7 Å². The van der Waals surface area contributed by atoms with E-state index in [2.05, 4.69) is 16.7 Å². The number of nitrogens with zero attached hydrogens (tertiary/aromatic N) is 3. The first-order valence-electron chi connectivity index (χ1n) is 6.87. The van der Waals surface area contributed by atoms with Crippen molar-refractivity contribution < 1.29 is 4.92 Å². The van der Waals surface area contributed by atoms with Crippen molar-refractivity contribution in [3.8, 4) is 0 Å². The SMILES string of the molecule is CCN1CCN(CCc2ccc([N+](=O)[O-])cc2)CC1. The summed E-state index contributed by atoms with van der Waals surface area (Å²) in [4.78, 5) is 15.1. The van der Waals surface area contributed by atoms with Crippen LogP contribution in [-0.2, 0) is 6.42 Å². The molecule has 1 aliphatic heterocycles. The molecule has 2 rings (SSSR count). The Hall–Kier alpha value is -1.46. The van der Waals surface area contributed by atoms with E-state index in [0.29, 0.717) is 0 Å². The average molecular weight is 263 g/mol. The van der Waals surface area contributed by atoms with Crippen molar-refractivity contribution in [3.63, 3.8) is 0 Å². The van der Waals surface area contributed by atoms with Gasteiger partial charge < -0.3 is 9.80 Å². The number of likely N-dealkylation sites (N-methyl/N-ethyl adjacent to an activating group) is 1. The first kappa shape index (κ1) is 14.0. The first-order chi connectivity index (χ1) is 9.19. The molecule has 0 spiro atoms. The highest BCUT2D eigenvalue weighted by Gasteiger charge is 2.14. The Morgan fingerprint density at radius 3 is 2.21 bits per heavy atom. The number of hydrogen-bond donors (Lipinski definition) is 0. The van der Waals surface area contributed by atoms with Gasteiger partial charge in [-0.25, -0.2) is 0 Å². The van der Waals surface area contributed by atoms with E-state index in [1.807, 2.05) is 12.1 Å². The lowest BCUT2D eigenvalue weighted by Crippen LogP contribution is -2.46. The predicted molar refractivity (Wildman–Crippen MR) is 75.4 cm³/mol. The molecule has 0 N–H and O–H groups in total. The quantitative estimate of drug-likeness (QED) is 0.600. The normalized spacial score (nSPS) is 17.5. The molecule has 1 aromatic rings. The topological polar surface area (TPSA) is 49.6 Å². The third-order valence-corrected chi connectivity index (χ3v) is 3.78. The van der Waals surface area contributed by atoms with Gasteiger partial charge in [0.2, 0.25) is 0 Å². The molecule has 0 amide bonds. The Balaban J connectivity index is 1.78. The highest BCUT2D eigenvalue weighted by Crippen LogP contribution is 2.13. The van der Waals surface area contributed by atoms with E-state index in [9.17, 15) is 10.1 Å². The monoisotopic (exact) mass is 263 g/mol. The Kier molecular flexibility index (Phi) is 4.87. The van der Waals surface area contributed by atoms with Crippen LogP contribution in [0.2, 0.25) is 0 Å². The average Bonchev–Trinajstić information content (AvgIpc) is 2.46. The van der Waals surface area contributed by atoms with Crippen LogP contribution in [0.15, 0.2) is 24.3 Å². The van der Waals surface area contributed by atoms with Gasteiger partial charge in [0.15, 0.2) is 0 Å². The molecule has 5 nitrogen and oxygen atoms in total. The fourth-order valence-electron chi connectivity index (χ4n) is 2.40. The van der Waals surface area contributed by atoms with Crippen molar-refractivity contribution in [2.45, 2.75) is 13.3 Å². The van der Waals surface area contributed by atoms with Crippen molar-refractivity contribution in [2.24, 2.45) is 0 Å². The van der Waals surface area contributed by atoms with Gasteiger partial charge in [0.25, 0.3) is 5.69 Å². The van der Waals surface area contributed by atoms with Gasteiger partial charge in [0.05, 0.1) is 4.92 Å². The molecule has 104 valence electrons. The molecular formula is C14H21N3O2. The molecule has 1 heterocycles. The number of nitro groups is 1. The van der Waals surface area contributed by atoms with E-state index in [4.69, 9.17) is 0 Å². The van der Waals surface area contributed by atoms with Gasteiger partial charge >= 0.3 is 0 Å². The highest BCUT2D eigenvalue weighted by atomic mass is 16.6. The highest BCUT2D eigenvalue weighted by molar-refractivity contribution is 5.32. The van der Waals surface area contributed by atoms with E-state index in [1.165, 1.54) is 5.56 Å². The van der Waals surface area contributed by atoms with E-state index < -0.39 is 0 Å². The zero-order valence-corrected chi connectivity index (χ0v) is 11.4. The van der Waals surface area contributed by atoms with Crippen molar-refractivity contribution >= 4 is 5.69 Å². The minimum Gasteiger partial charge on any atom is -0.301 e. The first-order valence-corrected chi connectivity index (χ1v) is 6.87. The lowest BCUT2D eigenvalue weighted by atomic mass is 10.1. The summed E-state index contributed by atoms with van der Waals surface area (Å²) in [5, 5.41) is 10.6. The molecule has 0 aliphatic carbocycles. The fraction of sp³-hybridized carbons (Fsp3) is 0.571. The summed E-state index contributed by atoms with van der Waals surface area (Å²) in [5.41, 5.74) is 1.34. The number of nitro benzene ring substituents is 1. The van der Waals surface area contributed by atoms with Crippen LogP contribution in [0, 0.1) is 10.1 Å². The maximum Gasteiger partial charge on any atom is 0.269 e. The molecule has 0 atom stereocenters. The van der Waals surface area contributed by atoms with E-state index in [1.54, 1.807) is 12.1 Å². The summed E-state index contributed by atoms with van der Waals surface area (Å²) in [6, 6.07) is 6.90. The molecule has 0 radical (unpaired) electrons. The van der Waals surface area contributed by atoms with Gasteiger partial charge in [0.1, 0.15) is 0 Å². The summed E-state index contributed by atoms with van der Waals surface area (Å²) in [6.45, 7) is 8.92. The molecule has 0 aromatic heterocycles. The Morgan fingerprint density at radius 1 is 1.11 bits per heavy atom. The van der Waals surface area contributed by atoms with Crippen LogP contribution in [0.4, 0.5) is 5.69 Å². The van der Waals surface area contributed by atoms with E-state index in [-0.39, 0.29) is 10.6 Å². The van der Waals surface area contributed by atoms with Gasteiger partial charge in [-0.1, -0.05) is 19.1 Å². The predicted octanol–water partition coefficient (Wildman–Crippen LogP) is 1.77. The van der Waals surface area contributed by atoms with Crippen LogP contribution >= 0.6 is 0 Å². The van der Waals surface area contributed by atoms with Crippen LogP contribution in [-0.4, -0.2) is 54.0 Å². The summed E-state index contributed by atoms with van der Waals surface area (Å²) >= 11 is 0. The summed E-state index contributed by atoms with van der Waals surface area (Å²) in [7, 11) is 0. The number of benzene rings is 1. The second kappa shape index (κ2) is 6.63. The molecule has 0 bridgehead atoms. The van der Waals surface area contributed by atoms with Gasteiger partial charge in [-0.15, -0.1) is 0 Å². The zero-order chi connectivity index (χ0) is 13.7. The van der Waals surface area contributed by atoms with Gasteiger partial charge in [-0.05, 0) is 18.5 Å². The third kappa shape index (κ3) is 4.01. The minimum absolute atomic E-state index is 0.167. The largest absolute Gasteiger partial charge is 0.301 e. The van der Waals surface area contributed by atoms with Crippen molar-refractivity contribution in [3.05, 3.63) is 39.9 Å². The summed E-state index contributed by atoms with van der Waals surface area (Å²) < 4.78 is 0. The maximum absolute atomic E-state index is 10.6. The molecule has 1 fully saturated rings. The number of hydrogen-bond acceptors (Lipinski definition) is 4. The van der Waals surface area contributed by atoms with Crippen LogP contribution in [0.5, 0.6) is 0 Å². The fourth-order valence-corrected chi connectivity index (χ4v) is 2.40. The summed E-state index contributed by atoms with van der Waals surface area (Å²) in [5.74, 6) is 0. The minimum atomic E-state index is -0.353. The van der Waals surface area contributed by atoms with Gasteiger partial charge in [0, 0.05) is 44.9 Å². The zero-order valence-electron chi connectivity index (χ0n) is 11.4. The second-order valence-corrected chi connectivity index (χ2v) is 4.95. The molecule has 1 saturated heterocycles. The Bertz CT molecular complexity index is 411. The standard InChI is InChI=1S/C14H21N3O2/c1-2-15-9-11-16(12-10-15)8-7-13-3-5-14(6-4-13)17(18)19/h3-6H,2,7-12H2,1H3. The molecular weight excluding hydrogens is 242 g/mol. The smallest absolute Gasteiger partial charge is 0.269 e. The Morgan fingerprint density at radius 2 is 1.68 bits per heavy atom. The summed E-state index contributed by atoms with van der Waals surface area (Å²) in [6.07, 6.45) is 0.962. The number of piperazine rings is 1. The van der Waals surface area contributed by atoms with Crippen LogP contribution in [0.3, 0.4) is 0 Å².